The van der Waals surface area contributed by atoms with Crippen molar-refractivity contribution in [2.45, 2.75) is 56.3 Å². The van der Waals surface area contributed by atoms with Gasteiger partial charge in [-0.1, -0.05) is 12.5 Å². The average molecular weight is 246 g/mol. The highest BCUT2D eigenvalue weighted by molar-refractivity contribution is 5.48. The zero-order chi connectivity index (χ0) is 12.2. The number of fused-ring (bicyclic) bond motifs is 1. The molecule has 1 aromatic rings. The van der Waals surface area contributed by atoms with Gasteiger partial charge in [0.2, 0.25) is 0 Å². The van der Waals surface area contributed by atoms with E-state index in [9.17, 15) is 5.11 Å². The van der Waals surface area contributed by atoms with E-state index in [0.29, 0.717) is 0 Å². The molecule has 1 N–H and O–H groups in total. The van der Waals surface area contributed by atoms with E-state index in [1.807, 2.05) is 18.2 Å². The maximum Gasteiger partial charge on any atom is 0.251 e. The van der Waals surface area contributed by atoms with E-state index in [1.54, 1.807) is 0 Å². The summed E-state index contributed by atoms with van der Waals surface area (Å²) in [5.74, 6) is 1.24. The van der Waals surface area contributed by atoms with Gasteiger partial charge in [-0.15, -0.1) is 0 Å². The third kappa shape index (κ3) is 1.53. The number of aliphatic hydroxyl groups is 1. The summed E-state index contributed by atoms with van der Waals surface area (Å²) in [6.45, 7) is 0. The van der Waals surface area contributed by atoms with Crippen molar-refractivity contribution >= 4 is 0 Å². The van der Waals surface area contributed by atoms with Gasteiger partial charge in [-0.05, 0) is 43.4 Å². The smallest absolute Gasteiger partial charge is 0.251 e. The highest BCUT2D eigenvalue weighted by Gasteiger charge is 2.45. The SMILES string of the molecule is OC1(c2ccc3c(c2)OC2(CCCCC2)O3)CC1. The van der Waals surface area contributed by atoms with E-state index in [1.165, 1.54) is 19.3 Å². The molecule has 3 nitrogen and oxygen atoms in total. The Morgan fingerprint density at radius 2 is 1.61 bits per heavy atom. The van der Waals surface area contributed by atoms with Gasteiger partial charge >= 0.3 is 0 Å². The molecule has 1 spiro atoms. The van der Waals surface area contributed by atoms with Crippen LogP contribution in [0.25, 0.3) is 0 Å². The van der Waals surface area contributed by atoms with Crippen molar-refractivity contribution in [3.63, 3.8) is 0 Å². The average Bonchev–Trinajstić information content (AvgIpc) is 3.03. The Balaban J connectivity index is 1.65. The van der Waals surface area contributed by atoms with Gasteiger partial charge in [0.1, 0.15) is 0 Å². The van der Waals surface area contributed by atoms with Crippen LogP contribution in [0.2, 0.25) is 0 Å². The molecular weight excluding hydrogens is 228 g/mol. The lowest BCUT2D eigenvalue weighted by Gasteiger charge is -2.31. The van der Waals surface area contributed by atoms with E-state index < -0.39 is 11.4 Å². The first kappa shape index (κ1) is 10.7. The molecule has 18 heavy (non-hydrogen) atoms. The fourth-order valence-electron chi connectivity index (χ4n) is 3.08. The Morgan fingerprint density at radius 1 is 0.889 bits per heavy atom. The predicted molar refractivity (Wildman–Crippen MR) is 66.6 cm³/mol. The molecule has 1 aromatic carbocycles. The molecule has 4 rings (SSSR count). The Kier molecular flexibility index (Phi) is 2.03. The molecule has 1 heterocycles. The van der Waals surface area contributed by atoms with E-state index in [2.05, 4.69) is 0 Å². The van der Waals surface area contributed by atoms with Crippen molar-refractivity contribution in [2.24, 2.45) is 0 Å². The standard InChI is InChI=1S/C15H18O3/c16-14(8-9-14)11-4-5-12-13(10-11)18-15(17-12)6-2-1-3-7-15/h4-5,10,16H,1-3,6-9H2. The van der Waals surface area contributed by atoms with Crippen LogP contribution in [0.4, 0.5) is 0 Å². The van der Waals surface area contributed by atoms with Gasteiger partial charge in [-0.2, -0.15) is 0 Å². The Bertz CT molecular complexity index is 485. The quantitative estimate of drug-likeness (QED) is 0.827. The van der Waals surface area contributed by atoms with Gasteiger partial charge < -0.3 is 14.6 Å². The second-order valence-corrected chi connectivity index (χ2v) is 5.87. The molecular formula is C15H18O3. The molecule has 1 aliphatic heterocycles. The third-order valence-electron chi connectivity index (χ3n) is 4.41. The fraction of sp³-hybridized carbons (Fsp3) is 0.600. The van der Waals surface area contributed by atoms with Crippen LogP contribution in [-0.4, -0.2) is 10.9 Å². The first-order valence-corrected chi connectivity index (χ1v) is 6.94. The molecule has 0 unspecified atom stereocenters. The van der Waals surface area contributed by atoms with Crippen molar-refractivity contribution in [2.75, 3.05) is 0 Å². The van der Waals surface area contributed by atoms with Crippen LogP contribution < -0.4 is 9.47 Å². The second kappa shape index (κ2) is 3.41. The Morgan fingerprint density at radius 3 is 2.33 bits per heavy atom. The van der Waals surface area contributed by atoms with Gasteiger partial charge in [0.15, 0.2) is 11.5 Å². The van der Waals surface area contributed by atoms with Crippen molar-refractivity contribution in [1.82, 2.24) is 0 Å². The lowest BCUT2D eigenvalue weighted by atomic mass is 9.94. The van der Waals surface area contributed by atoms with Crippen LogP contribution in [0.3, 0.4) is 0 Å². The Labute approximate surface area is 107 Å². The molecule has 0 amide bonds. The van der Waals surface area contributed by atoms with Gasteiger partial charge in [-0.3, -0.25) is 0 Å². The Hall–Kier alpha value is -1.22. The molecule has 0 aromatic heterocycles. The summed E-state index contributed by atoms with van der Waals surface area (Å²) in [6.07, 6.45) is 7.28. The largest absolute Gasteiger partial charge is 0.448 e. The summed E-state index contributed by atoms with van der Waals surface area (Å²) in [6, 6.07) is 5.88. The summed E-state index contributed by atoms with van der Waals surface area (Å²) in [5, 5.41) is 10.1. The summed E-state index contributed by atoms with van der Waals surface area (Å²) in [5.41, 5.74) is 0.374. The minimum atomic E-state index is -0.597. The molecule has 96 valence electrons. The topological polar surface area (TPSA) is 38.7 Å². The third-order valence-corrected chi connectivity index (χ3v) is 4.41. The van der Waals surface area contributed by atoms with Gasteiger partial charge in [0.25, 0.3) is 5.79 Å². The molecule has 2 fully saturated rings. The van der Waals surface area contributed by atoms with Gasteiger partial charge in [0.05, 0.1) is 5.60 Å². The van der Waals surface area contributed by atoms with Crippen LogP contribution in [0.15, 0.2) is 18.2 Å². The number of rotatable bonds is 1. The van der Waals surface area contributed by atoms with E-state index >= 15 is 0 Å². The van der Waals surface area contributed by atoms with Crippen LogP contribution in [0.5, 0.6) is 11.5 Å². The van der Waals surface area contributed by atoms with Crippen molar-refractivity contribution < 1.29 is 14.6 Å². The molecule has 2 aliphatic carbocycles. The maximum atomic E-state index is 10.1. The van der Waals surface area contributed by atoms with Gasteiger partial charge in [-0.25, -0.2) is 0 Å². The summed E-state index contributed by atoms with van der Waals surface area (Å²) < 4.78 is 12.1. The molecule has 0 atom stereocenters. The molecule has 0 saturated heterocycles. The van der Waals surface area contributed by atoms with Crippen molar-refractivity contribution in [3.05, 3.63) is 23.8 Å². The van der Waals surface area contributed by atoms with E-state index in [4.69, 9.17) is 9.47 Å². The van der Waals surface area contributed by atoms with Crippen LogP contribution in [-0.2, 0) is 5.60 Å². The zero-order valence-electron chi connectivity index (χ0n) is 10.4. The monoisotopic (exact) mass is 246 g/mol. The molecule has 0 radical (unpaired) electrons. The minimum absolute atomic E-state index is 0.411. The van der Waals surface area contributed by atoms with Crippen LogP contribution >= 0.6 is 0 Å². The van der Waals surface area contributed by atoms with Crippen LogP contribution in [0.1, 0.15) is 50.5 Å². The lowest BCUT2D eigenvalue weighted by molar-refractivity contribution is -0.105. The van der Waals surface area contributed by atoms with Crippen molar-refractivity contribution in [3.8, 4) is 11.5 Å². The summed E-state index contributed by atoms with van der Waals surface area (Å²) >= 11 is 0. The molecule has 2 saturated carbocycles. The van der Waals surface area contributed by atoms with E-state index in [-0.39, 0.29) is 0 Å². The minimum Gasteiger partial charge on any atom is -0.448 e. The molecule has 3 heteroatoms. The van der Waals surface area contributed by atoms with Crippen molar-refractivity contribution in [1.29, 1.82) is 0 Å². The molecule has 3 aliphatic rings. The predicted octanol–water partition coefficient (Wildman–Crippen LogP) is 3.10. The summed E-state index contributed by atoms with van der Waals surface area (Å²) in [7, 11) is 0. The van der Waals surface area contributed by atoms with Gasteiger partial charge in [0, 0.05) is 12.8 Å². The lowest BCUT2D eigenvalue weighted by Crippen LogP contribution is -2.40. The highest BCUT2D eigenvalue weighted by Crippen LogP contribution is 2.50. The van der Waals surface area contributed by atoms with Crippen LogP contribution in [0, 0.1) is 0 Å². The number of hydrogen-bond donors (Lipinski definition) is 1. The fourth-order valence-corrected chi connectivity index (χ4v) is 3.08. The normalized spacial score (nSPS) is 26.3. The van der Waals surface area contributed by atoms with E-state index in [0.717, 1.165) is 42.7 Å². The molecule has 0 bridgehead atoms. The zero-order valence-corrected chi connectivity index (χ0v) is 10.4. The summed E-state index contributed by atoms with van der Waals surface area (Å²) in [4.78, 5) is 0. The number of ether oxygens (including phenoxy) is 2. The first-order valence-electron chi connectivity index (χ1n) is 6.94. The number of hydrogen-bond acceptors (Lipinski definition) is 3. The highest BCUT2D eigenvalue weighted by atomic mass is 16.7. The number of benzene rings is 1. The second-order valence-electron chi connectivity index (χ2n) is 5.87. The maximum absolute atomic E-state index is 10.1. The first-order chi connectivity index (χ1) is 8.69.